The van der Waals surface area contributed by atoms with E-state index in [1.54, 1.807) is 0 Å². The van der Waals surface area contributed by atoms with Crippen molar-refractivity contribution in [3.8, 4) is 0 Å². The van der Waals surface area contributed by atoms with Crippen molar-refractivity contribution in [1.29, 1.82) is 0 Å². The van der Waals surface area contributed by atoms with E-state index in [0.717, 1.165) is 19.8 Å². The molecule has 2 N–H and O–H groups in total. The fourth-order valence-corrected chi connectivity index (χ4v) is 0.442. The highest BCUT2D eigenvalue weighted by Crippen LogP contribution is 2.08. The molecule has 1 aliphatic rings. The Morgan fingerprint density at radius 1 is 0.600 bits per heavy atom. The highest BCUT2D eigenvalue weighted by Gasteiger charge is 1.96. The molecule has 0 aromatic heterocycles. The van der Waals surface area contributed by atoms with Gasteiger partial charge >= 0.3 is 0 Å². The van der Waals surface area contributed by atoms with Crippen molar-refractivity contribution in [1.82, 2.24) is 10.6 Å². The van der Waals surface area contributed by atoms with Gasteiger partial charge in [0.25, 0.3) is 0 Å². The van der Waals surface area contributed by atoms with Crippen LogP contribution in [0.15, 0.2) is 0 Å². The van der Waals surface area contributed by atoms with Crippen LogP contribution in [0.1, 0.15) is 55.4 Å². The van der Waals surface area contributed by atoms with Gasteiger partial charge in [-0.25, -0.2) is 0 Å². The summed E-state index contributed by atoms with van der Waals surface area (Å²) in [6, 6.07) is 0. The van der Waals surface area contributed by atoms with Crippen molar-refractivity contribution in [2.45, 2.75) is 55.4 Å². The third kappa shape index (κ3) is 81.7. The van der Waals surface area contributed by atoms with Gasteiger partial charge in [-0.15, -0.1) is 0 Å². The minimum absolute atomic E-state index is 0.500. The van der Waals surface area contributed by atoms with E-state index in [1.165, 1.54) is 0 Å². The van der Waals surface area contributed by atoms with Crippen LogP contribution in [0.4, 0.5) is 0 Å². The first kappa shape index (κ1) is 17.3. The lowest BCUT2D eigenvalue weighted by Gasteiger charge is -2.05. The van der Waals surface area contributed by atoms with Crippen LogP contribution in [0.5, 0.6) is 0 Å². The fraction of sp³-hybridized carbons (Fsp3) is 1.00. The van der Waals surface area contributed by atoms with Gasteiger partial charge in [-0.05, 0) is 10.8 Å². The van der Waals surface area contributed by atoms with Crippen molar-refractivity contribution in [2.24, 2.45) is 10.8 Å². The Morgan fingerprint density at radius 3 is 0.867 bits per heavy atom. The van der Waals surface area contributed by atoms with E-state index in [1.807, 2.05) is 0 Å². The molecule has 1 rings (SSSR count). The molecule has 0 amide bonds. The smallest absolute Gasteiger partial charge is 0.0455 e. The van der Waals surface area contributed by atoms with E-state index in [4.69, 9.17) is 0 Å². The van der Waals surface area contributed by atoms with Crippen LogP contribution >= 0.6 is 0 Å². The lowest BCUT2D eigenvalue weighted by Crippen LogP contribution is -2.11. The largest absolute Gasteiger partial charge is 0.303 e. The number of hydrogen-bond donors (Lipinski definition) is 2. The molecule has 2 heteroatoms. The Hall–Kier alpha value is -0.0800. The van der Waals surface area contributed by atoms with E-state index in [2.05, 4.69) is 66.0 Å². The Labute approximate surface area is 97.2 Å². The third-order valence-electron chi connectivity index (χ3n) is 0.729. The van der Waals surface area contributed by atoms with Gasteiger partial charge in [0.2, 0.25) is 0 Å². The predicted octanol–water partition coefficient (Wildman–Crippen LogP) is 3.24. The van der Waals surface area contributed by atoms with Crippen LogP contribution in [-0.4, -0.2) is 19.8 Å². The Balaban J connectivity index is 0. The van der Waals surface area contributed by atoms with Gasteiger partial charge < -0.3 is 10.6 Å². The third-order valence-corrected chi connectivity index (χ3v) is 0.729. The summed E-state index contributed by atoms with van der Waals surface area (Å²) < 4.78 is 0. The lowest BCUT2D eigenvalue weighted by molar-refractivity contribution is 0.469. The molecule has 0 spiro atoms. The number of nitrogens with one attached hydrogen (secondary N) is 2. The van der Waals surface area contributed by atoms with Gasteiger partial charge in [-0.1, -0.05) is 55.4 Å². The quantitative estimate of drug-likeness (QED) is 0.649. The van der Waals surface area contributed by atoms with Crippen molar-refractivity contribution in [3.63, 3.8) is 0 Å². The summed E-state index contributed by atoms with van der Waals surface area (Å²) in [4.78, 5) is 0. The van der Waals surface area contributed by atoms with Gasteiger partial charge in [-0.3, -0.25) is 0 Å². The number of hydrogen-bond acceptors (Lipinski definition) is 2. The van der Waals surface area contributed by atoms with Crippen LogP contribution in [0.3, 0.4) is 0 Å². The average molecular weight is 216 g/mol. The summed E-state index contributed by atoms with van der Waals surface area (Å²) >= 11 is 0. The SMILES string of the molecule is C1CNCN1.CC(C)(C)C.CC(C)(C)C. The monoisotopic (exact) mass is 216 g/mol. The van der Waals surface area contributed by atoms with Gasteiger partial charge in [0.15, 0.2) is 0 Å². The molecule has 0 saturated carbocycles. The Morgan fingerprint density at radius 2 is 0.800 bits per heavy atom. The molecule has 1 saturated heterocycles. The van der Waals surface area contributed by atoms with Gasteiger partial charge in [0.1, 0.15) is 0 Å². The zero-order valence-electron chi connectivity index (χ0n) is 12.1. The van der Waals surface area contributed by atoms with E-state index >= 15 is 0 Å². The lowest BCUT2D eigenvalue weighted by atomic mass is 10.0. The Kier molecular flexibility index (Phi) is 9.37. The van der Waals surface area contributed by atoms with Crippen LogP contribution in [0.25, 0.3) is 0 Å². The Bertz CT molecular complexity index is 92.8. The molecule has 15 heavy (non-hydrogen) atoms. The summed E-state index contributed by atoms with van der Waals surface area (Å²) in [6.07, 6.45) is 0. The molecule has 0 unspecified atom stereocenters. The molecule has 1 aliphatic heterocycles. The molecule has 2 nitrogen and oxygen atoms in total. The van der Waals surface area contributed by atoms with Crippen molar-refractivity contribution < 1.29 is 0 Å². The maximum Gasteiger partial charge on any atom is 0.0455 e. The summed E-state index contributed by atoms with van der Waals surface area (Å²) in [5.41, 5.74) is 1.00. The summed E-state index contributed by atoms with van der Waals surface area (Å²) in [7, 11) is 0. The average Bonchev–Trinajstić information content (AvgIpc) is 2.28. The molecule has 0 aliphatic carbocycles. The molecular formula is C13H32N2. The minimum Gasteiger partial charge on any atom is -0.303 e. The standard InChI is InChI=1S/2C5H12.C3H8N2/c2*1-5(2,3)4;1-2-5-3-4-1/h2*1-4H3;4-5H,1-3H2. The minimum atomic E-state index is 0.500. The normalized spacial score (nSPS) is 16.0. The second-order valence-electron chi connectivity index (χ2n) is 7.18. The van der Waals surface area contributed by atoms with Crippen molar-refractivity contribution in [2.75, 3.05) is 19.8 Å². The fourth-order valence-electron chi connectivity index (χ4n) is 0.442. The van der Waals surface area contributed by atoms with E-state index in [9.17, 15) is 0 Å². The zero-order valence-corrected chi connectivity index (χ0v) is 12.1. The van der Waals surface area contributed by atoms with Gasteiger partial charge in [0.05, 0.1) is 0 Å². The van der Waals surface area contributed by atoms with E-state index in [0.29, 0.717) is 10.8 Å². The molecular weight excluding hydrogens is 184 g/mol. The summed E-state index contributed by atoms with van der Waals surface area (Å²) in [5.74, 6) is 0. The molecule has 94 valence electrons. The molecule has 1 fully saturated rings. The first-order chi connectivity index (χ1) is 6.50. The van der Waals surface area contributed by atoms with Gasteiger partial charge in [0, 0.05) is 19.8 Å². The molecule has 1 heterocycles. The molecule has 0 radical (unpaired) electrons. The summed E-state index contributed by atoms with van der Waals surface area (Å²) in [6.45, 7) is 20.8. The summed E-state index contributed by atoms with van der Waals surface area (Å²) in [5, 5.41) is 6.22. The van der Waals surface area contributed by atoms with Crippen LogP contribution in [-0.2, 0) is 0 Å². The maximum atomic E-state index is 3.11. The van der Waals surface area contributed by atoms with E-state index < -0.39 is 0 Å². The molecule has 0 atom stereocenters. The van der Waals surface area contributed by atoms with Crippen molar-refractivity contribution >= 4 is 0 Å². The maximum absolute atomic E-state index is 3.11. The first-order valence-corrected chi connectivity index (χ1v) is 5.91. The van der Waals surface area contributed by atoms with Crippen LogP contribution < -0.4 is 10.6 Å². The highest BCUT2D eigenvalue weighted by atomic mass is 15.1. The first-order valence-electron chi connectivity index (χ1n) is 5.91. The van der Waals surface area contributed by atoms with Crippen LogP contribution in [0.2, 0.25) is 0 Å². The molecule has 0 aromatic carbocycles. The second-order valence-corrected chi connectivity index (χ2v) is 7.18. The topological polar surface area (TPSA) is 24.1 Å². The van der Waals surface area contributed by atoms with Crippen LogP contribution in [0, 0.1) is 10.8 Å². The molecule has 0 aromatic rings. The van der Waals surface area contributed by atoms with E-state index in [-0.39, 0.29) is 0 Å². The number of rotatable bonds is 0. The van der Waals surface area contributed by atoms with Crippen molar-refractivity contribution in [3.05, 3.63) is 0 Å². The predicted molar refractivity (Wildman–Crippen MR) is 71.1 cm³/mol. The molecule has 0 bridgehead atoms. The zero-order chi connectivity index (χ0) is 12.5. The highest BCUT2D eigenvalue weighted by molar-refractivity contribution is 4.55. The van der Waals surface area contributed by atoms with Gasteiger partial charge in [-0.2, -0.15) is 0 Å². The second kappa shape index (κ2) is 8.12.